The van der Waals surface area contributed by atoms with E-state index in [0.29, 0.717) is 12.8 Å². The molecule has 0 radical (unpaired) electrons. The molecule has 1 heterocycles. The van der Waals surface area contributed by atoms with E-state index in [4.69, 9.17) is 0 Å². The second kappa shape index (κ2) is 10.7. The molecule has 5 nitrogen and oxygen atoms in total. The molecule has 21 heavy (non-hydrogen) atoms. The smallest absolute Gasteiger partial charge is 0.168 e. The summed E-state index contributed by atoms with van der Waals surface area (Å²) in [5.41, 5.74) is 0. The minimum Gasteiger partial charge on any atom is -0.747 e. The Morgan fingerprint density at radius 1 is 1.10 bits per heavy atom. The van der Waals surface area contributed by atoms with Gasteiger partial charge in [-0.2, -0.15) is 0 Å². The lowest BCUT2D eigenvalue weighted by Gasteiger charge is -2.26. The van der Waals surface area contributed by atoms with Crippen LogP contribution in [0, 0.1) is 0 Å². The molecular weight excluding hydrogens is 288 g/mol. The van der Waals surface area contributed by atoms with Crippen LogP contribution in [-0.4, -0.2) is 37.3 Å². The molecule has 0 aromatic carbocycles. The number of aromatic nitrogens is 1. The quantitative estimate of drug-likeness (QED) is 0.570. The van der Waals surface area contributed by atoms with Gasteiger partial charge in [0.1, 0.15) is 22.0 Å². The van der Waals surface area contributed by atoms with Crippen LogP contribution in [0.2, 0.25) is 0 Å². The third-order valence-corrected chi connectivity index (χ3v) is 4.32. The van der Waals surface area contributed by atoms with Gasteiger partial charge in [0.15, 0.2) is 12.4 Å². The van der Waals surface area contributed by atoms with Crippen molar-refractivity contribution in [1.82, 2.24) is 4.90 Å². The van der Waals surface area contributed by atoms with E-state index < -0.39 is 15.5 Å². The fourth-order valence-electron chi connectivity index (χ4n) is 1.83. The zero-order chi connectivity index (χ0) is 16.3. The van der Waals surface area contributed by atoms with Gasteiger partial charge in [0, 0.05) is 18.6 Å². The van der Waals surface area contributed by atoms with Crippen molar-refractivity contribution in [1.29, 1.82) is 0 Å². The van der Waals surface area contributed by atoms with Crippen LogP contribution in [0.5, 0.6) is 0 Å². The molecule has 0 amide bonds. The van der Waals surface area contributed by atoms with Gasteiger partial charge in [-0.05, 0) is 20.5 Å². The first kappa shape index (κ1) is 20.0. The van der Waals surface area contributed by atoms with Crippen LogP contribution in [0.3, 0.4) is 0 Å². The number of pyridine rings is 1. The summed E-state index contributed by atoms with van der Waals surface area (Å²) in [6.07, 6.45) is 7.85. The summed E-state index contributed by atoms with van der Waals surface area (Å²) >= 11 is 0. The number of unbranched alkanes of at least 4 members (excludes halogenated alkanes) is 1. The molecule has 1 rings (SSSR count). The van der Waals surface area contributed by atoms with Gasteiger partial charge < -0.3 is 4.55 Å². The van der Waals surface area contributed by atoms with E-state index in [1.165, 1.54) is 17.7 Å². The van der Waals surface area contributed by atoms with Gasteiger partial charge >= 0.3 is 0 Å². The summed E-state index contributed by atoms with van der Waals surface area (Å²) in [6.45, 7) is 5.21. The second-order valence-electron chi connectivity index (χ2n) is 5.17. The highest BCUT2D eigenvalue weighted by molar-refractivity contribution is 7.86. The van der Waals surface area contributed by atoms with Gasteiger partial charge in [-0.3, -0.25) is 4.90 Å². The Bertz CT molecular complexity index is 461. The SMILES string of the molecule is CCCC(N(C)C)S(=O)(=O)[O-].CCCC[n+]1ccccc1. The van der Waals surface area contributed by atoms with Crippen LogP contribution in [-0.2, 0) is 16.7 Å². The number of aryl methyl sites for hydroxylation is 1. The van der Waals surface area contributed by atoms with Gasteiger partial charge in [-0.25, -0.2) is 13.0 Å². The van der Waals surface area contributed by atoms with Crippen molar-refractivity contribution in [2.75, 3.05) is 14.1 Å². The lowest BCUT2D eigenvalue weighted by molar-refractivity contribution is -0.697. The summed E-state index contributed by atoms with van der Waals surface area (Å²) in [4.78, 5) is 1.44. The molecule has 6 heteroatoms. The molecule has 0 aliphatic rings. The van der Waals surface area contributed by atoms with Crippen LogP contribution >= 0.6 is 0 Å². The van der Waals surface area contributed by atoms with Crippen LogP contribution in [0.25, 0.3) is 0 Å². The second-order valence-corrected chi connectivity index (χ2v) is 6.70. The summed E-state index contributed by atoms with van der Waals surface area (Å²) in [5, 5.41) is -0.868. The standard InChI is InChI=1S/C9H14N.C6H15NO3S/c1-2-3-7-10-8-5-4-6-9-10;1-4-5-6(7(2)3)11(8,9)10/h4-6,8-9H,2-3,7H2,1H3;6H,4-5H2,1-3H3,(H,8,9,10)/q+1;/p-1. The van der Waals surface area contributed by atoms with Gasteiger partial charge in [-0.15, -0.1) is 0 Å². The molecule has 0 saturated heterocycles. The minimum absolute atomic E-state index is 0.402. The molecular formula is C15H28N2O3S. The number of rotatable bonds is 7. The van der Waals surface area contributed by atoms with Crippen molar-refractivity contribution in [2.24, 2.45) is 0 Å². The lowest BCUT2D eigenvalue weighted by Crippen LogP contribution is -2.35. The highest BCUT2D eigenvalue weighted by atomic mass is 32.2. The molecule has 0 aliphatic carbocycles. The molecule has 0 aliphatic heterocycles. The summed E-state index contributed by atoms with van der Waals surface area (Å²) < 4.78 is 33.9. The highest BCUT2D eigenvalue weighted by Gasteiger charge is 2.16. The largest absolute Gasteiger partial charge is 0.747 e. The molecule has 0 fully saturated rings. The average molecular weight is 316 g/mol. The highest BCUT2D eigenvalue weighted by Crippen LogP contribution is 2.08. The Morgan fingerprint density at radius 3 is 2.00 bits per heavy atom. The average Bonchev–Trinajstić information content (AvgIpc) is 2.42. The molecule has 0 bridgehead atoms. The van der Waals surface area contributed by atoms with Gasteiger partial charge in [0.05, 0.1) is 0 Å². The predicted molar refractivity (Wildman–Crippen MR) is 83.6 cm³/mol. The molecule has 1 aromatic heterocycles. The summed E-state index contributed by atoms with van der Waals surface area (Å²) in [5.74, 6) is 0. The van der Waals surface area contributed by atoms with E-state index in [-0.39, 0.29) is 0 Å². The molecule has 122 valence electrons. The van der Waals surface area contributed by atoms with E-state index >= 15 is 0 Å². The zero-order valence-corrected chi connectivity index (χ0v) is 14.3. The molecule has 0 spiro atoms. The van der Waals surface area contributed by atoms with Crippen molar-refractivity contribution >= 4 is 10.1 Å². The minimum atomic E-state index is -4.15. The molecule has 1 atom stereocenters. The van der Waals surface area contributed by atoms with Crippen LogP contribution in [0.15, 0.2) is 30.6 Å². The fraction of sp³-hybridized carbons (Fsp3) is 0.667. The third kappa shape index (κ3) is 9.55. The Kier molecular flexibility index (Phi) is 10.2. The van der Waals surface area contributed by atoms with E-state index in [9.17, 15) is 13.0 Å². The molecule has 0 N–H and O–H groups in total. The molecule has 1 unspecified atom stereocenters. The van der Waals surface area contributed by atoms with Gasteiger partial charge in [-0.1, -0.05) is 32.8 Å². The first-order valence-corrected chi connectivity index (χ1v) is 8.85. The number of hydrogen-bond donors (Lipinski definition) is 0. The van der Waals surface area contributed by atoms with Crippen LogP contribution in [0.1, 0.15) is 39.5 Å². The van der Waals surface area contributed by atoms with E-state index in [0.717, 1.165) is 6.54 Å². The number of nitrogens with zero attached hydrogens (tertiary/aromatic N) is 2. The molecule has 1 aromatic rings. The molecule has 0 saturated carbocycles. The van der Waals surface area contributed by atoms with Crippen molar-refractivity contribution in [3.8, 4) is 0 Å². The van der Waals surface area contributed by atoms with Crippen molar-refractivity contribution in [2.45, 2.75) is 51.4 Å². The van der Waals surface area contributed by atoms with Gasteiger partial charge in [0.2, 0.25) is 0 Å². The topological polar surface area (TPSA) is 64.3 Å². The van der Waals surface area contributed by atoms with E-state index in [2.05, 4.69) is 36.0 Å². The third-order valence-electron chi connectivity index (χ3n) is 2.99. The normalized spacial score (nSPS) is 12.7. The maximum Gasteiger partial charge on any atom is 0.168 e. The van der Waals surface area contributed by atoms with E-state index in [1.54, 1.807) is 14.1 Å². The lowest BCUT2D eigenvalue weighted by atomic mass is 10.3. The zero-order valence-electron chi connectivity index (χ0n) is 13.5. The Balaban J connectivity index is 0.000000382. The Hall–Kier alpha value is -0.980. The number of hydrogen-bond acceptors (Lipinski definition) is 4. The van der Waals surface area contributed by atoms with Gasteiger partial charge in [0.25, 0.3) is 0 Å². The Morgan fingerprint density at radius 2 is 1.67 bits per heavy atom. The first-order valence-electron chi connectivity index (χ1n) is 7.38. The first-order chi connectivity index (χ1) is 9.82. The monoisotopic (exact) mass is 316 g/mol. The summed E-state index contributed by atoms with van der Waals surface area (Å²) in [7, 11) is -0.964. The van der Waals surface area contributed by atoms with Crippen molar-refractivity contribution < 1.29 is 17.5 Å². The fourth-order valence-corrected chi connectivity index (χ4v) is 2.87. The maximum atomic E-state index is 10.6. The van der Waals surface area contributed by atoms with Crippen LogP contribution < -0.4 is 4.57 Å². The van der Waals surface area contributed by atoms with Crippen LogP contribution in [0.4, 0.5) is 0 Å². The maximum absolute atomic E-state index is 10.6. The Labute approximate surface area is 129 Å². The summed E-state index contributed by atoms with van der Waals surface area (Å²) in [6, 6.07) is 6.17. The van der Waals surface area contributed by atoms with E-state index in [1.807, 2.05) is 13.0 Å². The predicted octanol–water partition coefficient (Wildman–Crippen LogP) is 1.99. The van der Waals surface area contributed by atoms with Crippen molar-refractivity contribution in [3.63, 3.8) is 0 Å². The van der Waals surface area contributed by atoms with Crippen molar-refractivity contribution in [3.05, 3.63) is 30.6 Å².